The standard InChI is InChI=1S/C18H23ClN2O4S/c1-20(12-17(23)21-9-2-3-13(11-21)18(24)25)16(22)8-10-26-15-6-4-14(19)5-7-15/h4-7,13H,2-3,8-12H2,1H3,(H,24,25). The van der Waals surface area contributed by atoms with Crippen LogP contribution in [0.25, 0.3) is 0 Å². The van der Waals surface area contributed by atoms with Gasteiger partial charge in [-0.15, -0.1) is 11.8 Å². The zero-order valence-corrected chi connectivity index (χ0v) is 16.3. The number of piperidine rings is 1. The molecule has 1 aliphatic heterocycles. The molecule has 1 aliphatic rings. The van der Waals surface area contributed by atoms with Crippen molar-refractivity contribution in [3.05, 3.63) is 29.3 Å². The van der Waals surface area contributed by atoms with E-state index < -0.39 is 11.9 Å². The number of halogens is 1. The second kappa shape index (κ2) is 9.83. The fourth-order valence-electron chi connectivity index (χ4n) is 2.77. The van der Waals surface area contributed by atoms with E-state index in [4.69, 9.17) is 16.7 Å². The maximum atomic E-state index is 12.3. The van der Waals surface area contributed by atoms with E-state index in [0.29, 0.717) is 36.6 Å². The molecule has 1 N–H and O–H groups in total. The number of carboxylic acid groups (broad SMARTS) is 1. The number of carbonyl (C=O) groups excluding carboxylic acids is 2. The predicted octanol–water partition coefficient (Wildman–Crippen LogP) is 2.60. The Hall–Kier alpha value is -1.73. The Morgan fingerprint density at radius 2 is 2.00 bits per heavy atom. The lowest BCUT2D eigenvalue weighted by Gasteiger charge is -2.32. The number of aliphatic carboxylic acids is 1. The maximum Gasteiger partial charge on any atom is 0.308 e. The molecule has 1 atom stereocenters. The second-order valence-corrected chi connectivity index (χ2v) is 7.92. The summed E-state index contributed by atoms with van der Waals surface area (Å²) in [6.07, 6.45) is 1.60. The summed E-state index contributed by atoms with van der Waals surface area (Å²) in [6, 6.07) is 7.42. The Kier molecular flexibility index (Phi) is 7.78. The first kappa shape index (κ1) is 20.6. The molecule has 0 aliphatic carbocycles. The number of benzene rings is 1. The van der Waals surface area contributed by atoms with E-state index in [0.717, 1.165) is 4.90 Å². The van der Waals surface area contributed by atoms with Crippen molar-refractivity contribution in [2.24, 2.45) is 5.92 Å². The largest absolute Gasteiger partial charge is 0.481 e. The van der Waals surface area contributed by atoms with Gasteiger partial charge in [-0.3, -0.25) is 14.4 Å². The molecule has 8 heteroatoms. The molecule has 26 heavy (non-hydrogen) atoms. The third-order valence-electron chi connectivity index (χ3n) is 4.32. The molecule has 1 saturated heterocycles. The van der Waals surface area contributed by atoms with Crippen molar-refractivity contribution in [2.45, 2.75) is 24.2 Å². The van der Waals surface area contributed by atoms with Crippen molar-refractivity contribution >= 4 is 41.1 Å². The molecule has 0 saturated carbocycles. The number of rotatable bonds is 7. The zero-order chi connectivity index (χ0) is 19.1. The molecule has 6 nitrogen and oxygen atoms in total. The highest BCUT2D eigenvalue weighted by Gasteiger charge is 2.28. The van der Waals surface area contributed by atoms with Crippen LogP contribution in [0.1, 0.15) is 19.3 Å². The Morgan fingerprint density at radius 3 is 2.65 bits per heavy atom. The van der Waals surface area contributed by atoms with Crippen LogP contribution in [0.4, 0.5) is 0 Å². The number of carbonyl (C=O) groups is 3. The summed E-state index contributed by atoms with van der Waals surface area (Å²) in [5.74, 6) is -1.07. The lowest BCUT2D eigenvalue weighted by atomic mass is 9.98. The van der Waals surface area contributed by atoms with Crippen molar-refractivity contribution < 1.29 is 19.5 Å². The summed E-state index contributed by atoms with van der Waals surface area (Å²) in [6.45, 7) is 0.760. The molecule has 1 fully saturated rings. The van der Waals surface area contributed by atoms with Crippen LogP contribution in [-0.4, -0.2) is 65.1 Å². The van der Waals surface area contributed by atoms with Crippen molar-refractivity contribution in [2.75, 3.05) is 32.4 Å². The highest BCUT2D eigenvalue weighted by atomic mass is 35.5. The first-order valence-corrected chi connectivity index (χ1v) is 9.86. The summed E-state index contributed by atoms with van der Waals surface area (Å²) < 4.78 is 0. The Balaban J connectivity index is 1.74. The van der Waals surface area contributed by atoms with Crippen LogP contribution in [0.3, 0.4) is 0 Å². The van der Waals surface area contributed by atoms with Crippen LogP contribution >= 0.6 is 23.4 Å². The lowest BCUT2D eigenvalue weighted by Crippen LogP contribution is -2.46. The highest BCUT2D eigenvalue weighted by molar-refractivity contribution is 7.99. The minimum atomic E-state index is -0.869. The molecule has 142 valence electrons. The zero-order valence-electron chi connectivity index (χ0n) is 14.7. The number of likely N-dealkylation sites (N-methyl/N-ethyl adjacent to an activating group) is 1. The monoisotopic (exact) mass is 398 g/mol. The number of carboxylic acids is 1. The smallest absolute Gasteiger partial charge is 0.308 e. The molecule has 1 aromatic rings. The molecule has 1 aromatic carbocycles. The summed E-state index contributed by atoms with van der Waals surface area (Å²) in [4.78, 5) is 39.6. The molecule has 1 heterocycles. The number of thioether (sulfide) groups is 1. The van der Waals surface area contributed by atoms with Crippen molar-refractivity contribution in [1.82, 2.24) is 9.80 Å². The average Bonchev–Trinajstić information content (AvgIpc) is 2.63. The van der Waals surface area contributed by atoms with Crippen LogP contribution in [-0.2, 0) is 14.4 Å². The van der Waals surface area contributed by atoms with E-state index in [1.807, 2.05) is 12.1 Å². The molecule has 0 aromatic heterocycles. The van der Waals surface area contributed by atoms with E-state index in [-0.39, 0.29) is 24.9 Å². The topological polar surface area (TPSA) is 77.9 Å². The molecule has 0 bridgehead atoms. The van der Waals surface area contributed by atoms with E-state index in [9.17, 15) is 14.4 Å². The summed E-state index contributed by atoms with van der Waals surface area (Å²) in [7, 11) is 1.60. The summed E-state index contributed by atoms with van der Waals surface area (Å²) >= 11 is 7.40. The fourth-order valence-corrected chi connectivity index (χ4v) is 3.74. The summed E-state index contributed by atoms with van der Waals surface area (Å²) in [5.41, 5.74) is 0. The van der Waals surface area contributed by atoms with Gasteiger partial charge in [0.25, 0.3) is 0 Å². The van der Waals surface area contributed by atoms with Gasteiger partial charge in [-0.2, -0.15) is 0 Å². The van der Waals surface area contributed by atoms with Crippen LogP contribution in [0.15, 0.2) is 29.2 Å². The van der Waals surface area contributed by atoms with E-state index in [1.165, 1.54) is 4.90 Å². The normalized spacial score (nSPS) is 17.0. The van der Waals surface area contributed by atoms with Gasteiger partial charge < -0.3 is 14.9 Å². The minimum absolute atomic E-state index is 0.0171. The Morgan fingerprint density at radius 1 is 1.31 bits per heavy atom. The highest BCUT2D eigenvalue weighted by Crippen LogP contribution is 2.21. The van der Waals surface area contributed by atoms with Gasteiger partial charge in [-0.1, -0.05) is 11.6 Å². The van der Waals surface area contributed by atoms with Crippen LogP contribution in [0.2, 0.25) is 5.02 Å². The number of likely N-dealkylation sites (tertiary alicyclic amines) is 1. The van der Waals surface area contributed by atoms with Gasteiger partial charge in [-0.25, -0.2) is 0 Å². The average molecular weight is 399 g/mol. The van der Waals surface area contributed by atoms with Crippen LogP contribution < -0.4 is 0 Å². The molecular formula is C18H23ClN2O4S. The van der Waals surface area contributed by atoms with Crippen molar-refractivity contribution in [1.29, 1.82) is 0 Å². The Labute approximate surface area is 162 Å². The molecule has 1 unspecified atom stereocenters. The van der Waals surface area contributed by atoms with E-state index >= 15 is 0 Å². The second-order valence-electron chi connectivity index (χ2n) is 6.32. The lowest BCUT2D eigenvalue weighted by molar-refractivity contribution is -0.147. The molecule has 2 amide bonds. The number of hydrogen-bond acceptors (Lipinski definition) is 4. The van der Waals surface area contributed by atoms with Gasteiger partial charge in [0.1, 0.15) is 0 Å². The SMILES string of the molecule is CN(CC(=O)N1CCCC(C(=O)O)C1)C(=O)CCSc1ccc(Cl)cc1. The minimum Gasteiger partial charge on any atom is -0.481 e. The Bertz CT molecular complexity index is 653. The van der Waals surface area contributed by atoms with Gasteiger partial charge in [0, 0.05) is 42.2 Å². The number of amides is 2. The molecule has 0 spiro atoms. The third kappa shape index (κ3) is 6.21. The van der Waals surface area contributed by atoms with Gasteiger partial charge in [0.2, 0.25) is 11.8 Å². The van der Waals surface area contributed by atoms with Gasteiger partial charge in [0.15, 0.2) is 0 Å². The molecular weight excluding hydrogens is 376 g/mol. The fraction of sp³-hybridized carbons (Fsp3) is 0.500. The van der Waals surface area contributed by atoms with Crippen molar-refractivity contribution in [3.63, 3.8) is 0 Å². The van der Waals surface area contributed by atoms with Crippen LogP contribution in [0.5, 0.6) is 0 Å². The first-order valence-electron chi connectivity index (χ1n) is 8.49. The van der Waals surface area contributed by atoms with Gasteiger partial charge in [0.05, 0.1) is 12.5 Å². The van der Waals surface area contributed by atoms with E-state index in [2.05, 4.69) is 0 Å². The first-order chi connectivity index (χ1) is 12.4. The number of hydrogen-bond donors (Lipinski definition) is 1. The predicted molar refractivity (Wildman–Crippen MR) is 101 cm³/mol. The van der Waals surface area contributed by atoms with Gasteiger partial charge in [-0.05, 0) is 37.1 Å². The number of nitrogens with zero attached hydrogens (tertiary/aromatic N) is 2. The molecule has 2 rings (SSSR count). The van der Waals surface area contributed by atoms with Crippen LogP contribution in [0, 0.1) is 5.92 Å². The maximum absolute atomic E-state index is 12.3. The quantitative estimate of drug-likeness (QED) is 0.714. The summed E-state index contributed by atoms with van der Waals surface area (Å²) in [5, 5.41) is 9.77. The van der Waals surface area contributed by atoms with Gasteiger partial charge >= 0.3 is 5.97 Å². The molecule has 0 radical (unpaired) electrons. The third-order valence-corrected chi connectivity index (χ3v) is 5.59. The van der Waals surface area contributed by atoms with Crippen molar-refractivity contribution in [3.8, 4) is 0 Å². The van der Waals surface area contributed by atoms with E-state index in [1.54, 1.807) is 35.8 Å².